The van der Waals surface area contributed by atoms with Gasteiger partial charge >= 0.3 is 0 Å². The van der Waals surface area contributed by atoms with Crippen LogP contribution in [0.3, 0.4) is 0 Å². The van der Waals surface area contributed by atoms with E-state index < -0.39 is 6.67 Å². The molecule has 18 heavy (non-hydrogen) atoms. The van der Waals surface area contributed by atoms with Gasteiger partial charge in [0.25, 0.3) is 0 Å². The molecule has 2 N–H and O–H groups in total. The molecule has 5 heteroatoms. The average molecular weight is 308 g/mol. The van der Waals surface area contributed by atoms with Crippen molar-refractivity contribution in [2.24, 2.45) is 0 Å². The summed E-state index contributed by atoms with van der Waals surface area (Å²) in [6, 6.07) is 10.7. The van der Waals surface area contributed by atoms with Crippen LogP contribution < -0.4 is 5.32 Å². The molecule has 0 spiro atoms. The molecule has 0 bridgehead atoms. The molecule has 0 unspecified atom stereocenters. The first kappa shape index (κ1) is 12.7. The van der Waals surface area contributed by atoms with Gasteiger partial charge < -0.3 is 10.7 Å². The number of anilines is 2. The van der Waals surface area contributed by atoms with Gasteiger partial charge in [0.1, 0.15) is 12.5 Å². The number of alkyl halides is 1. The first-order valence-electron chi connectivity index (χ1n) is 5.32. The van der Waals surface area contributed by atoms with Gasteiger partial charge in [0.05, 0.1) is 5.69 Å². The number of nitrogens with one attached hydrogen (secondary N) is 2. The second-order valence-corrected chi connectivity index (χ2v) is 4.56. The number of aromatic nitrogens is 1. The molecule has 3 nitrogen and oxygen atoms in total. The van der Waals surface area contributed by atoms with Crippen molar-refractivity contribution in [2.45, 2.75) is 6.67 Å². The summed E-state index contributed by atoms with van der Waals surface area (Å²) in [4.78, 5) is 4.12. The van der Waals surface area contributed by atoms with Crippen LogP contribution in [0, 0.1) is 5.41 Å². The van der Waals surface area contributed by atoms with E-state index in [4.69, 9.17) is 5.41 Å². The fraction of sp³-hybridized carbons (Fsp3) is 0.0769. The molecule has 1 heterocycles. The molecule has 0 fully saturated rings. The van der Waals surface area contributed by atoms with E-state index in [9.17, 15) is 4.39 Å². The molecule has 92 valence electrons. The highest BCUT2D eigenvalue weighted by molar-refractivity contribution is 9.10. The van der Waals surface area contributed by atoms with E-state index in [0.717, 1.165) is 15.7 Å². The van der Waals surface area contributed by atoms with Gasteiger partial charge in [-0.05, 0) is 24.3 Å². The normalized spacial score (nSPS) is 10.1. The summed E-state index contributed by atoms with van der Waals surface area (Å²) in [6.07, 6.45) is 1.26. The van der Waals surface area contributed by atoms with Crippen molar-refractivity contribution >= 4 is 33.6 Å². The zero-order valence-electron chi connectivity index (χ0n) is 9.45. The highest BCUT2D eigenvalue weighted by Gasteiger charge is 2.03. The standard InChI is InChI=1S/C13H11BrFN3/c14-10-5-4-9(8-16)12(6-10)18-13-3-1-2-11(7-15)17-13/h1-6,8,16H,7H2,(H,17,18). The number of halogens is 2. The number of hydrogen-bond donors (Lipinski definition) is 2. The zero-order chi connectivity index (χ0) is 13.0. The van der Waals surface area contributed by atoms with Crippen LogP contribution >= 0.6 is 15.9 Å². The van der Waals surface area contributed by atoms with Crippen molar-refractivity contribution in [3.8, 4) is 0 Å². The van der Waals surface area contributed by atoms with Gasteiger partial charge in [-0.2, -0.15) is 0 Å². The van der Waals surface area contributed by atoms with Crippen molar-refractivity contribution in [2.75, 3.05) is 5.32 Å². The minimum Gasteiger partial charge on any atom is -0.340 e. The van der Waals surface area contributed by atoms with Crippen molar-refractivity contribution in [1.82, 2.24) is 4.98 Å². The highest BCUT2D eigenvalue weighted by atomic mass is 79.9. The predicted molar refractivity (Wildman–Crippen MR) is 74.4 cm³/mol. The second kappa shape index (κ2) is 5.73. The molecule has 0 aliphatic heterocycles. The smallest absolute Gasteiger partial charge is 0.132 e. The molecule has 0 aliphatic carbocycles. The first-order valence-corrected chi connectivity index (χ1v) is 6.11. The van der Waals surface area contributed by atoms with Gasteiger partial charge in [-0.1, -0.05) is 28.1 Å². The van der Waals surface area contributed by atoms with Crippen LogP contribution in [0.15, 0.2) is 40.9 Å². The maximum atomic E-state index is 12.5. The minimum absolute atomic E-state index is 0.381. The Morgan fingerprint density at radius 1 is 1.33 bits per heavy atom. The second-order valence-electron chi connectivity index (χ2n) is 3.65. The van der Waals surface area contributed by atoms with Crippen LogP contribution in [0.25, 0.3) is 0 Å². The number of rotatable bonds is 4. The first-order chi connectivity index (χ1) is 8.72. The van der Waals surface area contributed by atoms with Crippen molar-refractivity contribution < 1.29 is 4.39 Å². The van der Waals surface area contributed by atoms with E-state index >= 15 is 0 Å². The van der Waals surface area contributed by atoms with Crippen LogP contribution in [-0.2, 0) is 6.67 Å². The molecule has 2 rings (SSSR count). The quantitative estimate of drug-likeness (QED) is 0.837. The number of nitrogens with zero attached hydrogens (tertiary/aromatic N) is 1. The van der Waals surface area contributed by atoms with Gasteiger partial charge in [-0.15, -0.1) is 0 Å². The molecular formula is C13H11BrFN3. The van der Waals surface area contributed by atoms with Crippen LogP contribution in [0.2, 0.25) is 0 Å². The van der Waals surface area contributed by atoms with Gasteiger partial charge in [0.15, 0.2) is 0 Å². The van der Waals surface area contributed by atoms with E-state index in [1.165, 1.54) is 6.21 Å². The van der Waals surface area contributed by atoms with E-state index in [2.05, 4.69) is 26.2 Å². The minimum atomic E-state index is -0.592. The monoisotopic (exact) mass is 307 g/mol. The largest absolute Gasteiger partial charge is 0.340 e. The van der Waals surface area contributed by atoms with Crippen LogP contribution in [0.4, 0.5) is 15.9 Å². The predicted octanol–water partition coefficient (Wildman–Crippen LogP) is 4.05. The Kier molecular flexibility index (Phi) is 4.04. The molecule has 1 aromatic carbocycles. The Morgan fingerprint density at radius 3 is 2.89 bits per heavy atom. The number of pyridine rings is 1. The van der Waals surface area contributed by atoms with Gasteiger partial charge in [0.2, 0.25) is 0 Å². The summed E-state index contributed by atoms with van der Waals surface area (Å²) in [6.45, 7) is -0.592. The Hall–Kier alpha value is -1.75. The van der Waals surface area contributed by atoms with Gasteiger partial charge in [-0.25, -0.2) is 9.37 Å². The molecule has 0 saturated heterocycles. The van der Waals surface area contributed by atoms with Crippen LogP contribution in [-0.4, -0.2) is 11.2 Å². The van der Waals surface area contributed by atoms with E-state index in [-0.39, 0.29) is 0 Å². The average Bonchev–Trinajstić information content (AvgIpc) is 2.39. The number of hydrogen-bond acceptors (Lipinski definition) is 3. The molecule has 2 aromatic rings. The third kappa shape index (κ3) is 2.92. The lowest BCUT2D eigenvalue weighted by Crippen LogP contribution is -1.98. The topological polar surface area (TPSA) is 48.8 Å². The third-order valence-electron chi connectivity index (χ3n) is 2.38. The lowest BCUT2D eigenvalue weighted by atomic mass is 10.2. The molecule has 0 amide bonds. The summed E-state index contributed by atoms with van der Waals surface area (Å²) >= 11 is 3.37. The van der Waals surface area contributed by atoms with Crippen LogP contribution in [0.5, 0.6) is 0 Å². The lowest BCUT2D eigenvalue weighted by molar-refractivity contribution is 0.476. The summed E-state index contributed by atoms with van der Waals surface area (Å²) in [7, 11) is 0. The van der Waals surface area contributed by atoms with Gasteiger partial charge in [0, 0.05) is 21.9 Å². The Bertz CT molecular complexity index is 572. The Morgan fingerprint density at radius 2 is 2.17 bits per heavy atom. The fourth-order valence-corrected chi connectivity index (χ4v) is 1.89. The fourth-order valence-electron chi connectivity index (χ4n) is 1.52. The van der Waals surface area contributed by atoms with E-state index in [1.807, 2.05) is 18.2 Å². The maximum absolute atomic E-state index is 12.5. The zero-order valence-corrected chi connectivity index (χ0v) is 11.0. The molecule has 0 aliphatic rings. The Balaban J connectivity index is 2.32. The van der Waals surface area contributed by atoms with E-state index in [1.54, 1.807) is 18.2 Å². The van der Waals surface area contributed by atoms with Gasteiger partial charge in [-0.3, -0.25) is 0 Å². The lowest BCUT2D eigenvalue weighted by Gasteiger charge is -2.09. The summed E-state index contributed by atoms with van der Waals surface area (Å²) in [5.74, 6) is 0.561. The Labute approximate surface area is 113 Å². The molecular weight excluding hydrogens is 297 g/mol. The van der Waals surface area contributed by atoms with Crippen molar-refractivity contribution in [3.05, 3.63) is 52.1 Å². The third-order valence-corrected chi connectivity index (χ3v) is 2.87. The summed E-state index contributed by atoms with van der Waals surface area (Å²) in [5.41, 5.74) is 1.87. The SMILES string of the molecule is N=Cc1ccc(Br)cc1Nc1cccc(CF)n1. The van der Waals surface area contributed by atoms with Crippen molar-refractivity contribution in [3.63, 3.8) is 0 Å². The maximum Gasteiger partial charge on any atom is 0.132 e. The summed E-state index contributed by atoms with van der Waals surface area (Å²) in [5, 5.41) is 10.4. The van der Waals surface area contributed by atoms with Crippen molar-refractivity contribution in [1.29, 1.82) is 5.41 Å². The molecule has 0 radical (unpaired) electrons. The number of benzene rings is 1. The molecule has 0 saturated carbocycles. The summed E-state index contributed by atoms with van der Waals surface area (Å²) < 4.78 is 13.4. The van der Waals surface area contributed by atoms with Crippen LogP contribution in [0.1, 0.15) is 11.3 Å². The molecule has 1 aromatic heterocycles. The molecule has 0 atom stereocenters. The highest BCUT2D eigenvalue weighted by Crippen LogP contribution is 2.23. The van der Waals surface area contributed by atoms with E-state index in [0.29, 0.717) is 11.5 Å².